The van der Waals surface area contributed by atoms with Gasteiger partial charge in [-0.15, -0.1) is 0 Å². The molecule has 0 rings (SSSR count). The van der Waals surface area contributed by atoms with Gasteiger partial charge in [0.25, 0.3) is 0 Å². The quantitative estimate of drug-likeness (QED) is 0.172. The zero-order valence-electron chi connectivity index (χ0n) is 20.5. The molecule has 0 aromatic carbocycles. The molecule has 0 bridgehead atoms. The van der Waals surface area contributed by atoms with E-state index < -0.39 is 0 Å². The van der Waals surface area contributed by atoms with Gasteiger partial charge in [0, 0.05) is 6.42 Å². The Labute approximate surface area is 186 Å². The summed E-state index contributed by atoms with van der Waals surface area (Å²) in [5.74, 6) is -0.327. The van der Waals surface area contributed by atoms with Gasteiger partial charge in [0.1, 0.15) is 12.7 Å². The van der Waals surface area contributed by atoms with Gasteiger partial charge in [0.15, 0.2) is 0 Å². The van der Waals surface area contributed by atoms with Crippen LogP contribution in [-0.2, 0) is 19.1 Å². The Kier molecular flexibility index (Phi) is 19.1. The monoisotopic (exact) mass is 427 g/mol. The lowest BCUT2D eigenvalue weighted by Gasteiger charge is -2.18. The van der Waals surface area contributed by atoms with E-state index in [-0.39, 0.29) is 30.6 Å². The Morgan fingerprint density at radius 3 is 1.90 bits per heavy atom. The van der Waals surface area contributed by atoms with Crippen LogP contribution in [0.15, 0.2) is 0 Å². The number of rotatable bonds is 20. The third-order valence-corrected chi connectivity index (χ3v) is 5.42. The fourth-order valence-corrected chi connectivity index (χ4v) is 3.52. The zero-order chi connectivity index (χ0) is 22.6. The summed E-state index contributed by atoms with van der Waals surface area (Å²) in [4.78, 5) is 26.7. The third kappa shape index (κ3) is 17.7. The summed E-state index contributed by atoms with van der Waals surface area (Å²) in [7, 11) is 4.11. The van der Waals surface area contributed by atoms with E-state index in [1.54, 1.807) is 6.92 Å². The molecule has 5 heteroatoms. The highest BCUT2D eigenvalue weighted by molar-refractivity contribution is 5.72. The van der Waals surface area contributed by atoms with Crippen molar-refractivity contribution < 1.29 is 19.1 Å². The molecule has 0 spiro atoms. The maximum atomic E-state index is 12.6. The molecule has 1 atom stereocenters. The summed E-state index contributed by atoms with van der Waals surface area (Å²) in [6.07, 6.45) is 14.2. The molecule has 0 aliphatic carbocycles. The molecular weight excluding hydrogens is 378 g/mol. The van der Waals surface area contributed by atoms with E-state index in [0.29, 0.717) is 6.42 Å². The van der Waals surface area contributed by atoms with Crippen molar-refractivity contribution >= 4 is 11.9 Å². The average Bonchev–Trinajstić information content (AvgIpc) is 2.70. The lowest BCUT2D eigenvalue weighted by atomic mass is 9.94. The molecule has 30 heavy (non-hydrogen) atoms. The van der Waals surface area contributed by atoms with Gasteiger partial charge in [0.05, 0.1) is 5.92 Å². The summed E-state index contributed by atoms with van der Waals surface area (Å²) in [5, 5.41) is 0. The molecular formula is C25H49NO4. The van der Waals surface area contributed by atoms with Crippen molar-refractivity contribution in [3.05, 3.63) is 0 Å². The van der Waals surface area contributed by atoms with Crippen molar-refractivity contribution in [1.82, 2.24) is 4.90 Å². The Bertz CT molecular complexity index is 413. The highest BCUT2D eigenvalue weighted by Crippen LogP contribution is 2.20. The SMILES string of the molecule is CCCCCCC(CCCCCC)C(=O)OCC(C)OC(=O)CCCCCN(C)C. The van der Waals surface area contributed by atoms with Crippen molar-refractivity contribution in [1.29, 1.82) is 0 Å². The lowest BCUT2D eigenvalue weighted by Crippen LogP contribution is -2.25. The predicted octanol–water partition coefficient (Wildman–Crippen LogP) is 6.14. The molecule has 5 nitrogen and oxygen atoms in total. The topological polar surface area (TPSA) is 55.8 Å². The number of hydrogen-bond acceptors (Lipinski definition) is 5. The number of carbonyl (C=O) groups is 2. The van der Waals surface area contributed by atoms with Gasteiger partial charge < -0.3 is 14.4 Å². The molecule has 0 aliphatic rings. The standard InChI is InChI=1S/C25H49NO4/c1-6-8-10-13-17-23(18-14-11-9-7-2)25(28)29-21-22(3)30-24(27)19-15-12-16-20-26(4)5/h22-23H,6-21H2,1-5H3. The maximum absolute atomic E-state index is 12.6. The van der Waals surface area contributed by atoms with Gasteiger partial charge in [-0.3, -0.25) is 9.59 Å². The molecule has 1 unspecified atom stereocenters. The fourth-order valence-electron chi connectivity index (χ4n) is 3.52. The molecule has 0 fully saturated rings. The minimum absolute atomic E-state index is 0.0155. The third-order valence-electron chi connectivity index (χ3n) is 5.42. The number of unbranched alkanes of at least 4 members (excludes halogenated alkanes) is 8. The first-order valence-corrected chi connectivity index (χ1v) is 12.4. The first-order chi connectivity index (χ1) is 14.4. The number of ether oxygens (including phenoxy) is 2. The molecule has 0 heterocycles. The Morgan fingerprint density at radius 2 is 1.37 bits per heavy atom. The molecule has 0 N–H and O–H groups in total. The number of esters is 2. The van der Waals surface area contributed by atoms with Crippen molar-refractivity contribution in [3.8, 4) is 0 Å². The van der Waals surface area contributed by atoms with Gasteiger partial charge in [0.2, 0.25) is 0 Å². The molecule has 0 radical (unpaired) electrons. The highest BCUT2D eigenvalue weighted by atomic mass is 16.6. The summed E-state index contributed by atoms with van der Waals surface area (Å²) >= 11 is 0. The van der Waals surface area contributed by atoms with Crippen LogP contribution < -0.4 is 0 Å². The van der Waals surface area contributed by atoms with E-state index in [1.165, 1.54) is 38.5 Å². The molecule has 0 aliphatic heterocycles. The average molecular weight is 428 g/mol. The number of hydrogen-bond donors (Lipinski definition) is 0. The summed E-state index contributed by atoms with van der Waals surface area (Å²) in [5.41, 5.74) is 0. The van der Waals surface area contributed by atoms with E-state index in [4.69, 9.17) is 9.47 Å². The summed E-state index contributed by atoms with van der Waals surface area (Å²) < 4.78 is 10.9. The van der Waals surface area contributed by atoms with Crippen LogP contribution in [0.25, 0.3) is 0 Å². The summed E-state index contributed by atoms with van der Waals surface area (Å²) in [6.45, 7) is 7.39. The van der Waals surface area contributed by atoms with E-state index >= 15 is 0 Å². The Hall–Kier alpha value is -1.10. The predicted molar refractivity (Wildman–Crippen MR) is 125 cm³/mol. The van der Waals surface area contributed by atoms with Crippen molar-refractivity contribution in [2.45, 2.75) is 117 Å². The van der Waals surface area contributed by atoms with Gasteiger partial charge in [-0.1, -0.05) is 71.6 Å². The summed E-state index contributed by atoms with van der Waals surface area (Å²) in [6, 6.07) is 0. The Morgan fingerprint density at radius 1 is 0.800 bits per heavy atom. The second-order valence-corrected chi connectivity index (χ2v) is 8.94. The van der Waals surface area contributed by atoms with Crippen LogP contribution in [0, 0.1) is 5.92 Å². The van der Waals surface area contributed by atoms with Crippen molar-refractivity contribution in [2.24, 2.45) is 5.92 Å². The first kappa shape index (κ1) is 28.9. The van der Waals surface area contributed by atoms with Crippen LogP contribution >= 0.6 is 0 Å². The van der Waals surface area contributed by atoms with Crippen LogP contribution in [0.2, 0.25) is 0 Å². The maximum Gasteiger partial charge on any atom is 0.309 e. The lowest BCUT2D eigenvalue weighted by molar-refractivity contribution is -0.160. The highest BCUT2D eigenvalue weighted by Gasteiger charge is 2.21. The molecule has 0 aromatic heterocycles. The Balaban J connectivity index is 4.16. The van der Waals surface area contributed by atoms with Crippen LogP contribution in [-0.4, -0.2) is 50.2 Å². The second-order valence-electron chi connectivity index (χ2n) is 8.94. The van der Waals surface area contributed by atoms with E-state index in [1.807, 2.05) is 0 Å². The first-order valence-electron chi connectivity index (χ1n) is 12.4. The van der Waals surface area contributed by atoms with Gasteiger partial charge >= 0.3 is 11.9 Å². The molecule has 178 valence electrons. The molecule has 0 amide bonds. The van der Waals surface area contributed by atoms with Crippen molar-refractivity contribution in [2.75, 3.05) is 27.2 Å². The minimum atomic E-state index is -0.385. The minimum Gasteiger partial charge on any atom is -0.462 e. The van der Waals surface area contributed by atoms with Crippen LogP contribution in [0.4, 0.5) is 0 Å². The van der Waals surface area contributed by atoms with Crippen LogP contribution in [0.1, 0.15) is 111 Å². The van der Waals surface area contributed by atoms with Crippen LogP contribution in [0.5, 0.6) is 0 Å². The zero-order valence-corrected chi connectivity index (χ0v) is 20.5. The fraction of sp³-hybridized carbons (Fsp3) is 0.920. The smallest absolute Gasteiger partial charge is 0.309 e. The molecule has 0 saturated heterocycles. The van der Waals surface area contributed by atoms with Gasteiger partial charge in [-0.05, 0) is 53.2 Å². The van der Waals surface area contributed by atoms with Gasteiger partial charge in [-0.2, -0.15) is 0 Å². The normalized spacial score (nSPS) is 12.4. The molecule has 0 saturated carbocycles. The van der Waals surface area contributed by atoms with E-state index in [0.717, 1.165) is 51.5 Å². The van der Waals surface area contributed by atoms with Crippen LogP contribution in [0.3, 0.4) is 0 Å². The second kappa shape index (κ2) is 19.8. The largest absolute Gasteiger partial charge is 0.462 e. The van der Waals surface area contributed by atoms with E-state index in [2.05, 4.69) is 32.8 Å². The van der Waals surface area contributed by atoms with E-state index in [9.17, 15) is 9.59 Å². The number of carbonyl (C=O) groups excluding carboxylic acids is 2. The number of nitrogens with zero attached hydrogens (tertiary/aromatic N) is 1. The molecule has 0 aromatic rings. The van der Waals surface area contributed by atoms with Gasteiger partial charge in [-0.25, -0.2) is 0 Å². The van der Waals surface area contributed by atoms with Crippen molar-refractivity contribution in [3.63, 3.8) is 0 Å².